The highest BCUT2D eigenvalue weighted by Crippen LogP contribution is 2.42. The van der Waals surface area contributed by atoms with Crippen molar-refractivity contribution >= 4 is 28.1 Å². The van der Waals surface area contributed by atoms with E-state index in [2.05, 4.69) is 40.2 Å². The summed E-state index contributed by atoms with van der Waals surface area (Å²) in [5, 5.41) is 4.88. The fourth-order valence-corrected chi connectivity index (χ4v) is 5.42. The Morgan fingerprint density at radius 3 is 2.69 bits per heavy atom. The molecule has 1 unspecified atom stereocenters. The summed E-state index contributed by atoms with van der Waals surface area (Å²) in [5.74, 6) is 0.142. The second-order valence-corrected chi connectivity index (χ2v) is 8.91. The van der Waals surface area contributed by atoms with E-state index in [1.807, 2.05) is 22.5 Å². The van der Waals surface area contributed by atoms with Crippen molar-refractivity contribution in [2.24, 2.45) is 5.92 Å². The second kappa shape index (κ2) is 7.30. The van der Waals surface area contributed by atoms with Crippen LogP contribution in [0.25, 0.3) is 4.96 Å². The van der Waals surface area contributed by atoms with E-state index in [0.29, 0.717) is 32.5 Å². The SMILES string of the molecule is O=C1CCC(C(=O)N2CCC(c3ccccc3)(c3cn4ccsc4n3)CC2)CN1. The van der Waals surface area contributed by atoms with Gasteiger partial charge in [-0.1, -0.05) is 30.3 Å². The lowest BCUT2D eigenvalue weighted by Crippen LogP contribution is -2.50. The molecule has 1 N–H and O–H groups in total. The largest absolute Gasteiger partial charge is 0.355 e. The standard InChI is InChI=1S/C22H24N4O2S/c27-19-7-6-16(14-23-19)20(28)25-10-8-22(9-11-25,17-4-2-1-3-5-17)18-15-26-12-13-29-21(26)24-18/h1-5,12-13,15-16H,6-11,14H2,(H,23,27). The Morgan fingerprint density at radius 1 is 1.21 bits per heavy atom. The molecule has 0 radical (unpaired) electrons. The minimum atomic E-state index is -0.176. The molecule has 29 heavy (non-hydrogen) atoms. The first-order valence-corrected chi connectivity index (χ1v) is 11.1. The average Bonchev–Trinajstić information content (AvgIpc) is 3.37. The van der Waals surface area contributed by atoms with Gasteiger partial charge >= 0.3 is 0 Å². The molecule has 2 aliphatic heterocycles. The number of aromatic nitrogens is 2. The number of likely N-dealkylation sites (tertiary alicyclic amines) is 1. The number of hydrogen-bond acceptors (Lipinski definition) is 4. The van der Waals surface area contributed by atoms with Crippen molar-refractivity contribution < 1.29 is 9.59 Å². The van der Waals surface area contributed by atoms with Crippen molar-refractivity contribution in [1.29, 1.82) is 0 Å². The number of thiazole rings is 1. The van der Waals surface area contributed by atoms with Crippen LogP contribution in [-0.2, 0) is 15.0 Å². The molecule has 2 aliphatic rings. The van der Waals surface area contributed by atoms with E-state index in [1.54, 1.807) is 11.3 Å². The fourth-order valence-electron chi connectivity index (χ4n) is 4.72. The van der Waals surface area contributed by atoms with E-state index in [-0.39, 0.29) is 23.1 Å². The maximum atomic E-state index is 13.0. The summed E-state index contributed by atoms with van der Waals surface area (Å²) in [6, 6.07) is 10.6. The van der Waals surface area contributed by atoms with Crippen LogP contribution < -0.4 is 5.32 Å². The Morgan fingerprint density at radius 2 is 2.00 bits per heavy atom. The molecule has 2 aromatic heterocycles. The van der Waals surface area contributed by atoms with Gasteiger partial charge in [-0.2, -0.15) is 0 Å². The first-order chi connectivity index (χ1) is 14.2. The van der Waals surface area contributed by atoms with Crippen molar-refractivity contribution in [3.8, 4) is 0 Å². The summed E-state index contributed by atoms with van der Waals surface area (Å²) in [5.41, 5.74) is 2.18. The summed E-state index contributed by atoms with van der Waals surface area (Å²) in [6.45, 7) is 1.89. The van der Waals surface area contributed by atoms with Crippen LogP contribution in [0.1, 0.15) is 36.9 Å². The number of benzene rings is 1. The number of hydrogen-bond donors (Lipinski definition) is 1. The molecule has 0 bridgehead atoms. The van der Waals surface area contributed by atoms with Gasteiger partial charge in [-0.3, -0.25) is 14.0 Å². The van der Waals surface area contributed by atoms with E-state index in [1.165, 1.54) is 5.56 Å². The molecular weight excluding hydrogens is 384 g/mol. The molecule has 7 heteroatoms. The maximum Gasteiger partial charge on any atom is 0.227 e. The quantitative estimate of drug-likeness (QED) is 0.725. The number of fused-ring (bicyclic) bond motifs is 1. The van der Waals surface area contributed by atoms with Gasteiger partial charge in [-0.25, -0.2) is 4.98 Å². The van der Waals surface area contributed by atoms with Gasteiger partial charge in [0.25, 0.3) is 0 Å². The summed E-state index contributed by atoms with van der Waals surface area (Å²) in [4.78, 5) is 32.4. The van der Waals surface area contributed by atoms with Gasteiger partial charge in [-0.15, -0.1) is 11.3 Å². The molecule has 2 saturated heterocycles. The molecule has 6 nitrogen and oxygen atoms in total. The molecule has 2 fully saturated rings. The summed E-state index contributed by atoms with van der Waals surface area (Å²) >= 11 is 1.64. The number of piperidine rings is 2. The number of rotatable bonds is 3. The first-order valence-electron chi connectivity index (χ1n) is 10.2. The van der Waals surface area contributed by atoms with Crippen molar-refractivity contribution in [1.82, 2.24) is 19.6 Å². The van der Waals surface area contributed by atoms with Crippen LogP contribution in [0.3, 0.4) is 0 Å². The molecule has 3 aromatic rings. The molecule has 5 rings (SSSR count). The lowest BCUT2D eigenvalue weighted by molar-refractivity contribution is -0.138. The third-order valence-corrected chi connectivity index (χ3v) is 7.22. The second-order valence-electron chi connectivity index (χ2n) is 8.03. The van der Waals surface area contributed by atoms with Crippen molar-refractivity contribution in [3.63, 3.8) is 0 Å². The van der Waals surface area contributed by atoms with Crippen LogP contribution in [-0.4, -0.2) is 45.7 Å². The zero-order chi connectivity index (χ0) is 19.8. The number of imidazole rings is 1. The van der Waals surface area contributed by atoms with E-state index in [0.717, 1.165) is 23.5 Å². The Hall–Kier alpha value is -2.67. The molecule has 150 valence electrons. The third kappa shape index (κ3) is 3.23. The number of amides is 2. The van der Waals surface area contributed by atoms with Crippen molar-refractivity contribution in [2.45, 2.75) is 31.1 Å². The van der Waals surface area contributed by atoms with E-state index < -0.39 is 0 Å². The highest BCUT2D eigenvalue weighted by molar-refractivity contribution is 7.15. The average molecular weight is 409 g/mol. The zero-order valence-electron chi connectivity index (χ0n) is 16.2. The van der Waals surface area contributed by atoms with Crippen LogP contribution in [0.5, 0.6) is 0 Å². The highest BCUT2D eigenvalue weighted by Gasteiger charge is 2.42. The Kier molecular flexibility index (Phi) is 4.62. The van der Waals surface area contributed by atoms with Gasteiger partial charge in [0.05, 0.1) is 11.6 Å². The van der Waals surface area contributed by atoms with Gasteiger partial charge in [-0.05, 0) is 24.8 Å². The number of carbonyl (C=O) groups excluding carboxylic acids is 2. The Balaban J connectivity index is 1.40. The minimum Gasteiger partial charge on any atom is -0.355 e. The Bertz CT molecular complexity index is 995. The molecule has 0 spiro atoms. The zero-order valence-corrected chi connectivity index (χ0v) is 17.0. The predicted molar refractivity (Wildman–Crippen MR) is 112 cm³/mol. The monoisotopic (exact) mass is 408 g/mol. The predicted octanol–water partition coefficient (Wildman–Crippen LogP) is 2.83. The molecule has 4 heterocycles. The Labute approximate surface area is 173 Å². The summed E-state index contributed by atoms with van der Waals surface area (Å²) in [7, 11) is 0. The van der Waals surface area contributed by atoms with Gasteiger partial charge in [0.2, 0.25) is 11.8 Å². The fraction of sp³-hybridized carbons (Fsp3) is 0.409. The number of nitrogens with one attached hydrogen (secondary N) is 1. The first kappa shape index (κ1) is 18.4. The molecule has 2 amide bonds. The lowest BCUT2D eigenvalue weighted by Gasteiger charge is -2.42. The smallest absolute Gasteiger partial charge is 0.227 e. The topological polar surface area (TPSA) is 66.7 Å². The normalized spacial score (nSPS) is 21.9. The summed E-state index contributed by atoms with van der Waals surface area (Å²) in [6.07, 6.45) is 7.00. The van der Waals surface area contributed by atoms with Crippen LogP contribution >= 0.6 is 11.3 Å². The summed E-state index contributed by atoms with van der Waals surface area (Å²) < 4.78 is 2.09. The maximum absolute atomic E-state index is 13.0. The molecule has 1 aromatic carbocycles. The lowest BCUT2D eigenvalue weighted by atomic mass is 9.70. The minimum absolute atomic E-state index is 0.0514. The van der Waals surface area contributed by atoms with E-state index in [4.69, 9.17) is 4.98 Å². The molecule has 0 aliphatic carbocycles. The molecular formula is C22H24N4O2S. The van der Waals surface area contributed by atoms with Gasteiger partial charge in [0.15, 0.2) is 4.96 Å². The van der Waals surface area contributed by atoms with Gasteiger partial charge in [0, 0.05) is 49.2 Å². The molecule has 1 atom stereocenters. The van der Waals surface area contributed by atoms with E-state index in [9.17, 15) is 9.59 Å². The van der Waals surface area contributed by atoms with Crippen molar-refractivity contribution in [2.75, 3.05) is 19.6 Å². The molecule has 0 saturated carbocycles. The van der Waals surface area contributed by atoms with Crippen LogP contribution in [0.4, 0.5) is 0 Å². The van der Waals surface area contributed by atoms with Crippen LogP contribution in [0, 0.1) is 5.92 Å². The number of nitrogens with zero attached hydrogens (tertiary/aromatic N) is 3. The van der Waals surface area contributed by atoms with E-state index >= 15 is 0 Å². The van der Waals surface area contributed by atoms with Crippen LogP contribution in [0.15, 0.2) is 48.1 Å². The highest BCUT2D eigenvalue weighted by atomic mass is 32.1. The van der Waals surface area contributed by atoms with Gasteiger partial charge in [0.1, 0.15) is 0 Å². The van der Waals surface area contributed by atoms with Crippen LogP contribution in [0.2, 0.25) is 0 Å². The van der Waals surface area contributed by atoms with Gasteiger partial charge < -0.3 is 10.2 Å². The van der Waals surface area contributed by atoms with Crippen molar-refractivity contribution in [3.05, 3.63) is 59.4 Å². The number of carbonyl (C=O) groups is 2. The third-order valence-electron chi connectivity index (χ3n) is 6.45.